The van der Waals surface area contributed by atoms with E-state index in [2.05, 4.69) is 36.1 Å². The van der Waals surface area contributed by atoms with Crippen molar-refractivity contribution in [3.63, 3.8) is 0 Å². The molecule has 6 heteroatoms. The van der Waals surface area contributed by atoms with Crippen molar-refractivity contribution in [2.75, 3.05) is 25.4 Å². The van der Waals surface area contributed by atoms with E-state index < -0.39 is 0 Å². The molecule has 1 atom stereocenters. The van der Waals surface area contributed by atoms with Crippen LogP contribution in [0.15, 0.2) is 0 Å². The average molecular weight is 322 g/mol. The Balaban J connectivity index is 3.41. The molecule has 0 aromatic rings. The molecular formula is C14H31N3OS2. The third-order valence-electron chi connectivity index (χ3n) is 3.08. The normalized spacial score (nSPS) is 12.7. The van der Waals surface area contributed by atoms with Crippen LogP contribution in [0.4, 0.5) is 0 Å². The minimum Gasteiger partial charge on any atom is -0.355 e. The van der Waals surface area contributed by atoms with E-state index >= 15 is 0 Å². The van der Waals surface area contributed by atoms with E-state index in [4.69, 9.17) is 5.73 Å². The van der Waals surface area contributed by atoms with Crippen LogP contribution in [0, 0.1) is 5.92 Å². The van der Waals surface area contributed by atoms with Crippen LogP contribution in [0.1, 0.15) is 46.0 Å². The summed E-state index contributed by atoms with van der Waals surface area (Å²) in [6.07, 6.45) is 4.99. The smallest absolute Gasteiger partial charge is 0.236 e. The molecule has 120 valence electrons. The Bertz CT molecular complexity index is 240. The number of thiol groups is 1. The highest BCUT2D eigenvalue weighted by Gasteiger charge is 2.11. The molecule has 0 rings (SSSR count). The molecule has 4 N–H and O–H groups in total. The number of carbonyl (C=O) groups is 1. The number of hydrogen-bond acceptors (Lipinski definition) is 5. The van der Waals surface area contributed by atoms with Gasteiger partial charge in [0.2, 0.25) is 5.91 Å². The number of amides is 1. The van der Waals surface area contributed by atoms with Gasteiger partial charge in [0.25, 0.3) is 0 Å². The molecule has 4 nitrogen and oxygen atoms in total. The van der Waals surface area contributed by atoms with Gasteiger partial charge >= 0.3 is 0 Å². The third-order valence-corrected chi connectivity index (χ3v) is 4.02. The van der Waals surface area contributed by atoms with Crippen LogP contribution in [-0.4, -0.2) is 37.3 Å². The summed E-state index contributed by atoms with van der Waals surface area (Å²) in [5, 5.41) is 6.25. The van der Waals surface area contributed by atoms with Crippen molar-refractivity contribution in [1.82, 2.24) is 10.6 Å². The maximum Gasteiger partial charge on any atom is 0.236 e. The van der Waals surface area contributed by atoms with E-state index in [-0.39, 0.29) is 11.9 Å². The lowest BCUT2D eigenvalue weighted by molar-refractivity contribution is -0.122. The summed E-state index contributed by atoms with van der Waals surface area (Å²) in [6, 6.07) is -0.359. The Morgan fingerprint density at radius 2 is 1.90 bits per heavy atom. The second-order valence-corrected chi connectivity index (χ2v) is 6.95. The van der Waals surface area contributed by atoms with Gasteiger partial charge in [0.1, 0.15) is 0 Å². The van der Waals surface area contributed by atoms with Crippen molar-refractivity contribution < 1.29 is 4.79 Å². The summed E-state index contributed by atoms with van der Waals surface area (Å²) in [4.78, 5) is 11.7. The van der Waals surface area contributed by atoms with Crippen LogP contribution in [0.3, 0.4) is 0 Å². The fourth-order valence-electron chi connectivity index (χ4n) is 1.84. The van der Waals surface area contributed by atoms with Crippen molar-refractivity contribution >= 4 is 28.4 Å². The molecule has 0 bridgehead atoms. The van der Waals surface area contributed by atoms with Gasteiger partial charge in [-0.15, -0.1) is 11.7 Å². The first-order chi connectivity index (χ1) is 9.57. The fourth-order valence-corrected chi connectivity index (χ4v) is 2.35. The maximum atomic E-state index is 11.7. The number of hydrogen-bond donors (Lipinski definition) is 4. The molecule has 0 aliphatic rings. The zero-order valence-electron chi connectivity index (χ0n) is 12.9. The zero-order valence-corrected chi connectivity index (χ0v) is 14.6. The Kier molecular flexibility index (Phi) is 14.1. The zero-order chi connectivity index (χ0) is 15.2. The Morgan fingerprint density at radius 1 is 1.15 bits per heavy atom. The molecule has 0 radical (unpaired) electrons. The van der Waals surface area contributed by atoms with Crippen LogP contribution in [-0.2, 0) is 4.79 Å². The Morgan fingerprint density at radius 3 is 2.55 bits per heavy atom. The number of carbonyl (C=O) groups excluding carboxylic acids is 1. The predicted molar refractivity (Wildman–Crippen MR) is 93.2 cm³/mol. The van der Waals surface area contributed by atoms with Gasteiger partial charge in [-0.3, -0.25) is 4.79 Å². The van der Waals surface area contributed by atoms with E-state index in [1.165, 1.54) is 0 Å². The van der Waals surface area contributed by atoms with E-state index in [1.54, 1.807) is 10.8 Å². The van der Waals surface area contributed by atoms with Gasteiger partial charge in [-0.2, -0.15) is 0 Å². The fraction of sp³-hybridized carbons (Fsp3) is 0.929. The van der Waals surface area contributed by atoms with Gasteiger partial charge in [0.15, 0.2) is 0 Å². The minimum atomic E-state index is -0.359. The predicted octanol–water partition coefficient (Wildman–Crippen LogP) is 2.20. The van der Waals surface area contributed by atoms with Crippen molar-refractivity contribution in [2.45, 2.75) is 52.0 Å². The molecular weight excluding hydrogens is 290 g/mol. The van der Waals surface area contributed by atoms with Gasteiger partial charge in [0.05, 0.1) is 6.04 Å². The molecule has 0 aromatic heterocycles. The van der Waals surface area contributed by atoms with Crippen LogP contribution in [0.5, 0.6) is 0 Å². The monoisotopic (exact) mass is 321 g/mol. The van der Waals surface area contributed by atoms with E-state index in [0.717, 1.165) is 57.5 Å². The second kappa shape index (κ2) is 14.0. The summed E-state index contributed by atoms with van der Waals surface area (Å²) in [5.74, 6) is 1.70. The molecule has 0 saturated heterocycles. The molecule has 0 saturated carbocycles. The minimum absolute atomic E-state index is 0.00631. The van der Waals surface area contributed by atoms with E-state index in [1.807, 2.05) is 0 Å². The molecule has 0 aromatic carbocycles. The van der Waals surface area contributed by atoms with Gasteiger partial charge in [-0.1, -0.05) is 31.1 Å². The maximum absolute atomic E-state index is 11.7. The summed E-state index contributed by atoms with van der Waals surface area (Å²) in [7, 11) is 1.54. The highest BCUT2D eigenvalue weighted by molar-refractivity contribution is 8.68. The van der Waals surface area contributed by atoms with Crippen molar-refractivity contribution in [3.8, 4) is 0 Å². The van der Waals surface area contributed by atoms with E-state index in [0.29, 0.717) is 5.92 Å². The average Bonchev–Trinajstić information content (AvgIpc) is 2.41. The first-order valence-corrected chi connectivity index (χ1v) is 9.62. The molecule has 20 heavy (non-hydrogen) atoms. The number of nitrogens with one attached hydrogen (secondary N) is 2. The van der Waals surface area contributed by atoms with Crippen molar-refractivity contribution in [1.29, 1.82) is 0 Å². The molecule has 0 fully saturated rings. The molecule has 0 aliphatic carbocycles. The molecule has 0 aliphatic heterocycles. The number of unbranched alkanes of at least 4 members (excludes halogenated alkanes) is 1. The summed E-state index contributed by atoms with van der Waals surface area (Å²) in [5.41, 5.74) is 5.88. The Hall–Kier alpha value is 0.0900. The molecule has 0 heterocycles. The lowest BCUT2D eigenvalue weighted by atomic mass is 10.1. The summed E-state index contributed by atoms with van der Waals surface area (Å²) >= 11 is 4.08. The van der Waals surface area contributed by atoms with Crippen LogP contribution >= 0.6 is 22.5 Å². The van der Waals surface area contributed by atoms with Crippen LogP contribution in [0.25, 0.3) is 0 Å². The molecule has 0 spiro atoms. The van der Waals surface area contributed by atoms with Crippen molar-refractivity contribution in [3.05, 3.63) is 0 Å². The van der Waals surface area contributed by atoms with Gasteiger partial charge in [-0.05, 0) is 38.1 Å². The molecule has 1 amide bonds. The largest absolute Gasteiger partial charge is 0.355 e. The first-order valence-electron chi connectivity index (χ1n) is 7.58. The summed E-state index contributed by atoms with van der Waals surface area (Å²) < 4.78 is 0. The second-order valence-electron chi connectivity index (χ2n) is 5.51. The number of nitrogens with two attached hydrogens (primary N) is 1. The highest BCUT2D eigenvalue weighted by Crippen LogP contribution is 2.03. The third kappa shape index (κ3) is 13.1. The SMILES string of the molecule is CC(C)CCCNC(=O)[C@H](N)CCCCNCCSS. The van der Waals surface area contributed by atoms with Gasteiger partial charge < -0.3 is 16.4 Å². The number of rotatable bonds is 13. The lowest BCUT2D eigenvalue weighted by Gasteiger charge is -2.12. The standard InChI is InChI=1S/C14H31N3OS2/c1-12(2)6-5-9-17-14(18)13(15)7-3-4-8-16-10-11-20-19/h12-13,16,19H,3-11,15H2,1-2H3,(H,17,18)/t13-/m1/s1. The lowest BCUT2D eigenvalue weighted by Crippen LogP contribution is -2.41. The van der Waals surface area contributed by atoms with Crippen LogP contribution < -0.4 is 16.4 Å². The molecule has 0 unspecified atom stereocenters. The summed E-state index contributed by atoms with van der Waals surface area (Å²) in [6.45, 7) is 7.09. The van der Waals surface area contributed by atoms with Crippen LogP contribution in [0.2, 0.25) is 0 Å². The van der Waals surface area contributed by atoms with Crippen molar-refractivity contribution in [2.24, 2.45) is 11.7 Å². The van der Waals surface area contributed by atoms with Gasteiger partial charge in [0, 0.05) is 18.8 Å². The Labute approximate surface area is 133 Å². The first kappa shape index (κ1) is 20.1. The topological polar surface area (TPSA) is 67.2 Å². The quantitative estimate of drug-likeness (QED) is 0.238. The van der Waals surface area contributed by atoms with Gasteiger partial charge in [-0.25, -0.2) is 0 Å². The highest BCUT2D eigenvalue weighted by atomic mass is 33.1. The van der Waals surface area contributed by atoms with E-state index in [9.17, 15) is 4.79 Å².